The fourth-order valence-corrected chi connectivity index (χ4v) is 2.92. The van der Waals surface area contributed by atoms with E-state index >= 15 is 0 Å². The number of nitrogens with one attached hydrogen (secondary N) is 2. The summed E-state index contributed by atoms with van der Waals surface area (Å²) in [6.45, 7) is 2.25. The van der Waals surface area contributed by atoms with E-state index in [2.05, 4.69) is 10.6 Å². The fraction of sp³-hybridized carbons (Fsp3) is 0.857. The Kier molecular flexibility index (Phi) is 4.32. The summed E-state index contributed by atoms with van der Waals surface area (Å²) in [6, 6.07) is -0.0438. The predicted molar refractivity (Wildman–Crippen MR) is 71.9 cm³/mol. The molecule has 0 bridgehead atoms. The van der Waals surface area contributed by atoms with Crippen LogP contribution in [0.25, 0.3) is 0 Å². The summed E-state index contributed by atoms with van der Waals surface area (Å²) in [6.07, 6.45) is 6.67. The number of carbonyl (C=O) groups is 2. The van der Waals surface area contributed by atoms with Crippen LogP contribution in [-0.2, 0) is 4.79 Å². The van der Waals surface area contributed by atoms with Crippen molar-refractivity contribution in [3.63, 3.8) is 0 Å². The van der Waals surface area contributed by atoms with Crippen LogP contribution in [0.5, 0.6) is 0 Å². The molecule has 0 aromatic heterocycles. The molecule has 2 fully saturated rings. The highest BCUT2D eigenvalue weighted by molar-refractivity contribution is 5.78. The number of amides is 2. The second-order valence-electron chi connectivity index (χ2n) is 6.10. The first-order chi connectivity index (χ1) is 9.03. The quantitative estimate of drug-likeness (QED) is 0.714. The van der Waals surface area contributed by atoms with Crippen LogP contribution in [-0.4, -0.2) is 29.7 Å². The van der Waals surface area contributed by atoms with Gasteiger partial charge in [0.25, 0.3) is 0 Å². The van der Waals surface area contributed by atoms with Gasteiger partial charge in [0.15, 0.2) is 0 Å². The van der Waals surface area contributed by atoms with Gasteiger partial charge in [0.05, 0.1) is 5.41 Å². The second kappa shape index (κ2) is 5.80. The van der Waals surface area contributed by atoms with E-state index in [1.54, 1.807) is 0 Å². The third-order valence-corrected chi connectivity index (χ3v) is 4.54. The smallest absolute Gasteiger partial charge is 0.315 e. The van der Waals surface area contributed by atoms with Crippen molar-refractivity contribution in [3.8, 4) is 0 Å². The molecule has 2 aliphatic carbocycles. The van der Waals surface area contributed by atoms with E-state index in [4.69, 9.17) is 0 Å². The van der Waals surface area contributed by atoms with Crippen LogP contribution in [0.15, 0.2) is 0 Å². The van der Waals surface area contributed by atoms with Gasteiger partial charge in [0.2, 0.25) is 0 Å². The molecule has 5 nitrogen and oxygen atoms in total. The zero-order chi connectivity index (χ0) is 13.9. The molecule has 1 unspecified atom stereocenters. The molecule has 0 aliphatic heterocycles. The monoisotopic (exact) mass is 268 g/mol. The number of carboxylic acid groups (broad SMARTS) is 1. The topological polar surface area (TPSA) is 78.4 Å². The first-order valence-corrected chi connectivity index (χ1v) is 7.31. The maximum atomic E-state index is 11.8. The molecule has 0 radical (unpaired) electrons. The number of rotatable bonds is 5. The van der Waals surface area contributed by atoms with E-state index in [-0.39, 0.29) is 18.6 Å². The van der Waals surface area contributed by atoms with Crippen molar-refractivity contribution in [2.24, 2.45) is 11.3 Å². The average Bonchev–Trinajstić information content (AvgIpc) is 3.21. The molecule has 0 aromatic rings. The number of urea groups is 1. The van der Waals surface area contributed by atoms with Crippen LogP contribution < -0.4 is 10.6 Å². The Morgan fingerprint density at radius 3 is 2.42 bits per heavy atom. The standard InChI is InChI=1S/C14H24N2O3/c1-10(11-5-6-11)16-13(19)15-9-14(12(17)18)7-3-2-4-8-14/h10-11H,2-9H2,1H3,(H,17,18)(H2,15,16,19). The van der Waals surface area contributed by atoms with Gasteiger partial charge in [-0.2, -0.15) is 0 Å². The molecule has 2 amide bonds. The lowest BCUT2D eigenvalue weighted by Crippen LogP contribution is -2.49. The van der Waals surface area contributed by atoms with Gasteiger partial charge < -0.3 is 15.7 Å². The molecule has 0 aromatic carbocycles. The number of hydrogen-bond acceptors (Lipinski definition) is 2. The van der Waals surface area contributed by atoms with Crippen molar-refractivity contribution in [3.05, 3.63) is 0 Å². The molecule has 108 valence electrons. The van der Waals surface area contributed by atoms with E-state index in [1.807, 2.05) is 6.92 Å². The average molecular weight is 268 g/mol. The lowest BCUT2D eigenvalue weighted by molar-refractivity contribution is -0.150. The Hall–Kier alpha value is -1.26. The zero-order valence-corrected chi connectivity index (χ0v) is 11.6. The van der Waals surface area contributed by atoms with E-state index in [9.17, 15) is 14.7 Å². The summed E-state index contributed by atoms with van der Waals surface area (Å²) in [5.41, 5.74) is -0.752. The number of carboxylic acids is 1. The first kappa shape index (κ1) is 14.2. The lowest BCUT2D eigenvalue weighted by atomic mass is 9.74. The summed E-state index contributed by atoms with van der Waals surface area (Å²) in [5, 5.41) is 15.1. The minimum absolute atomic E-state index is 0.187. The molecule has 3 N–H and O–H groups in total. The van der Waals surface area contributed by atoms with Crippen LogP contribution in [0.1, 0.15) is 51.9 Å². The summed E-state index contributed by atoms with van der Waals surface area (Å²) >= 11 is 0. The van der Waals surface area contributed by atoms with Crippen molar-refractivity contribution in [2.45, 2.75) is 57.9 Å². The molecule has 19 heavy (non-hydrogen) atoms. The molecule has 5 heteroatoms. The Bertz CT molecular complexity index is 347. The number of hydrogen-bond donors (Lipinski definition) is 3. The van der Waals surface area contributed by atoms with E-state index in [1.165, 1.54) is 12.8 Å². The van der Waals surface area contributed by atoms with E-state index < -0.39 is 11.4 Å². The van der Waals surface area contributed by atoms with Crippen LogP contribution in [0.3, 0.4) is 0 Å². The zero-order valence-electron chi connectivity index (χ0n) is 11.6. The van der Waals surface area contributed by atoms with Crippen molar-refractivity contribution in [2.75, 3.05) is 6.54 Å². The van der Waals surface area contributed by atoms with Gasteiger partial charge in [-0.1, -0.05) is 19.3 Å². The van der Waals surface area contributed by atoms with Crippen molar-refractivity contribution in [1.82, 2.24) is 10.6 Å². The SMILES string of the molecule is CC(NC(=O)NCC1(C(=O)O)CCCCC1)C1CC1. The summed E-state index contributed by atoms with van der Waals surface area (Å²) < 4.78 is 0. The molecule has 0 saturated heterocycles. The van der Waals surface area contributed by atoms with Crippen LogP contribution in [0.2, 0.25) is 0 Å². The third-order valence-electron chi connectivity index (χ3n) is 4.54. The number of aliphatic carboxylic acids is 1. The van der Waals surface area contributed by atoms with Gasteiger partial charge >= 0.3 is 12.0 Å². The van der Waals surface area contributed by atoms with Gasteiger partial charge in [0.1, 0.15) is 0 Å². The Morgan fingerprint density at radius 1 is 1.26 bits per heavy atom. The van der Waals surface area contributed by atoms with Gasteiger partial charge in [0, 0.05) is 12.6 Å². The Morgan fingerprint density at radius 2 is 1.89 bits per heavy atom. The molecule has 2 rings (SSSR count). The molecule has 1 atom stereocenters. The normalized spacial score (nSPS) is 23.4. The molecular formula is C14H24N2O3. The van der Waals surface area contributed by atoms with Gasteiger partial charge in [-0.25, -0.2) is 4.79 Å². The second-order valence-corrected chi connectivity index (χ2v) is 6.10. The van der Waals surface area contributed by atoms with Crippen LogP contribution in [0, 0.1) is 11.3 Å². The minimum Gasteiger partial charge on any atom is -0.481 e. The minimum atomic E-state index is -0.775. The maximum Gasteiger partial charge on any atom is 0.315 e. The lowest BCUT2D eigenvalue weighted by Gasteiger charge is -2.33. The van der Waals surface area contributed by atoms with E-state index in [0.29, 0.717) is 18.8 Å². The molecule has 2 aliphatic rings. The highest BCUT2D eigenvalue weighted by atomic mass is 16.4. The van der Waals surface area contributed by atoms with Crippen molar-refractivity contribution in [1.29, 1.82) is 0 Å². The predicted octanol–water partition coefficient (Wildman–Crippen LogP) is 2.12. The summed E-state index contributed by atoms with van der Waals surface area (Å²) in [5.74, 6) is -0.170. The van der Waals surface area contributed by atoms with Crippen molar-refractivity contribution < 1.29 is 14.7 Å². The van der Waals surface area contributed by atoms with Gasteiger partial charge in [-0.3, -0.25) is 4.79 Å². The number of carbonyl (C=O) groups excluding carboxylic acids is 1. The molecular weight excluding hydrogens is 244 g/mol. The Labute approximate surface area is 114 Å². The molecule has 0 heterocycles. The highest BCUT2D eigenvalue weighted by Crippen LogP contribution is 2.36. The highest BCUT2D eigenvalue weighted by Gasteiger charge is 2.40. The van der Waals surface area contributed by atoms with Gasteiger partial charge in [-0.15, -0.1) is 0 Å². The molecule has 0 spiro atoms. The molecule has 2 saturated carbocycles. The summed E-state index contributed by atoms with van der Waals surface area (Å²) in [4.78, 5) is 23.2. The van der Waals surface area contributed by atoms with Crippen molar-refractivity contribution >= 4 is 12.0 Å². The van der Waals surface area contributed by atoms with E-state index in [0.717, 1.165) is 19.3 Å². The van der Waals surface area contributed by atoms with Crippen LogP contribution in [0.4, 0.5) is 4.79 Å². The van der Waals surface area contributed by atoms with Gasteiger partial charge in [-0.05, 0) is 38.5 Å². The third kappa shape index (κ3) is 3.61. The summed E-state index contributed by atoms with van der Waals surface area (Å²) in [7, 11) is 0. The fourth-order valence-electron chi connectivity index (χ4n) is 2.92. The Balaban J connectivity index is 1.80. The first-order valence-electron chi connectivity index (χ1n) is 7.31. The van der Waals surface area contributed by atoms with Crippen LogP contribution >= 0.6 is 0 Å². The largest absolute Gasteiger partial charge is 0.481 e. The maximum absolute atomic E-state index is 11.8.